The zero-order valence-corrected chi connectivity index (χ0v) is 14.2. The minimum atomic E-state index is -0.0973. The van der Waals surface area contributed by atoms with Gasteiger partial charge < -0.3 is 9.73 Å². The fraction of sp³-hybridized carbons (Fsp3) is 0.294. The van der Waals surface area contributed by atoms with Crippen LogP contribution in [-0.4, -0.2) is 22.2 Å². The molecule has 0 aliphatic heterocycles. The molecule has 3 heterocycles. The molecule has 3 aromatic rings. The number of aryl methyl sites for hydroxylation is 2. The number of nitrogens with zero attached hydrogens (tertiary/aromatic N) is 2. The molecule has 5 nitrogen and oxygen atoms in total. The van der Waals surface area contributed by atoms with Crippen LogP contribution in [0.15, 0.2) is 39.6 Å². The number of rotatable bonds is 5. The summed E-state index contributed by atoms with van der Waals surface area (Å²) in [7, 11) is 1.84. The molecule has 0 aliphatic carbocycles. The Morgan fingerprint density at radius 1 is 1.43 bits per heavy atom. The van der Waals surface area contributed by atoms with Gasteiger partial charge in [-0.2, -0.15) is 16.4 Å². The molecule has 3 aromatic heterocycles. The molecule has 0 aliphatic rings. The molecule has 1 amide bonds. The van der Waals surface area contributed by atoms with E-state index in [9.17, 15) is 4.79 Å². The molecule has 1 N–H and O–H groups in total. The number of carbonyl (C=O) groups is 1. The number of carbonyl (C=O) groups excluding carboxylic acids is 1. The van der Waals surface area contributed by atoms with Crippen molar-refractivity contribution in [3.63, 3.8) is 0 Å². The SMILES string of the molecule is Cc1nn(C)c(C)c1C(=O)NCC(c1ccsc1)c1ccco1. The zero-order chi connectivity index (χ0) is 16.4. The van der Waals surface area contributed by atoms with Gasteiger partial charge in [-0.15, -0.1) is 0 Å². The number of hydrogen-bond acceptors (Lipinski definition) is 4. The average molecular weight is 329 g/mol. The first-order valence-electron chi connectivity index (χ1n) is 7.41. The van der Waals surface area contributed by atoms with Crippen LogP contribution in [0.4, 0.5) is 0 Å². The van der Waals surface area contributed by atoms with Gasteiger partial charge in [-0.25, -0.2) is 0 Å². The Balaban J connectivity index is 1.78. The van der Waals surface area contributed by atoms with E-state index in [2.05, 4.69) is 21.9 Å². The molecule has 0 bridgehead atoms. The van der Waals surface area contributed by atoms with Crippen molar-refractivity contribution in [2.45, 2.75) is 19.8 Å². The molecular weight excluding hydrogens is 310 g/mol. The smallest absolute Gasteiger partial charge is 0.255 e. The van der Waals surface area contributed by atoms with Crippen molar-refractivity contribution in [1.82, 2.24) is 15.1 Å². The molecule has 1 atom stereocenters. The summed E-state index contributed by atoms with van der Waals surface area (Å²) in [5, 5.41) is 11.4. The normalized spacial score (nSPS) is 12.3. The number of amides is 1. The average Bonchev–Trinajstić information content (AvgIpc) is 3.24. The molecule has 23 heavy (non-hydrogen) atoms. The quantitative estimate of drug-likeness (QED) is 0.781. The van der Waals surface area contributed by atoms with Crippen molar-refractivity contribution >= 4 is 17.2 Å². The lowest BCUT2D eigenvalue weighted by Gasteiger charge is -2.14. The highest BCUT2D eigenvalue weighted by Crippen LogP contribution is 2.26. The Morgan fingerprint density at radius 3 is 2.83 bits per heavy atom. The largest absolute Gasteiger partial charge is 0.469 e. The van der Waals surface area contributed by atoms with Gasteiger partial charge in [0.15, 0.2) is 0 Å². The Kier molecular flexibility index (Phi) is 4.34. The molecule has 0 aromatic carbocycles. The summed E-state index contributed by atoms with van der Waals surface area (Å²) in [5.74, 6) is 0.765. The lowest BCUT2D eigenvalue weighted by atomic mass is 9.99. The zero-order valence-electron chi connectivity index (χ0n) is 13.4. The number of nitrogens with one attached hydrogen (secondary N) is 1. The van der Waals surface area contributed by atoms with Crippen LogP contribution in [0.25, 0.3) is 0 Å². The summed E-state index contributed by atoms with van der Waals surface area (Å²) in [6.45, 7) is 4.24. The van der Waals surface area contributed by atoms with E-state index in [-0.39, 0.29) is 11.8 Å². The minimum absolute atomic E-state index is 0.0116. The van der Waals surface area contributed by atoms with Crippen LogP contribution >= 0.6 is 11.3 Å². The monoisotopic (exact) mass is 329 g/mol. The molecule has 0 spiro atoms. The van der Waals surface area contributed by atoms with Crippen molar-refractivity contribution in [3.8, 4) is 0 Å². The van der Waals surface area contributed by atoms with E-state index in [1.165, 1.54) is 0 Å². The molecule has 0 fully saturated rings. The van der Waals surface area contributed by atoms with Crippen molar-refractivity contribution in [2.24, 2.45) is 7.05 Å². The van der Waals surface area contributed by atoms with Gasteiger partial charge in [-0.1, -0.05) is 0 Å². The van der Waals surface area contributed by atoms with Crippen molar-refractivity contribution in [3.05, 3.63) is 63.5 Å². The number of thiophene rings is 1. The summed E-state index contributed by atoms with van der Waals surface area (Å²) in [6.07, 6.45) is 1.66. The van der Waals surface area contributed by atoms with Crippen LogP contribution in [0.2, 0.25) is 0 Å². The van der Waals surface area contributed by atoms with E-state index in [0.29, 0.717) is 12.1 Å². The van der Waals surface area contributed by atoms with Crippen LogP contribution < -0.4 is 5.32 Å². The van der Waals surface area contributed by atoms with Gasteiger partial charge in [0.25, 0.3) is 5.91 Å². The van der Waals surface area contributed by atoms with Crippen molar-refractivity contribution in [1.29, 1.82) is 0 Å². The third-order valence-corrected chi connectivity index (χ3v) is 4.74. The molecule has 0 radical (unpaired) electrons. The Morgan fingerprint density at radius 2 is 2.26 bits per heavy atom. The van der Waals surface area contributed by atoms with Crippen LogP contribution in [-0.2, 0) is 7.05 Å². The Hall–Kier alpha value is -2.34. The van der Waals surface area contributed by atoms with Crippen molar-refractivity contribution < 1.29 is 9.21 Å². The fourth-order valence-electron chi connectivity index (χ4n) is 2.73. The van der Waals surface area contributed by atoms with E-state index in [1.54, 1.807) is 22.3 Å². The van der Waals surface area contributed by atoms with Crippen molar-refractivity contribution in [2.75, 3.05) is 6.54 Å². The topological polar surface area (TPSA) is 60.1 Å². The molecule has 0 saturated heterocycles. The maximum atomic E-state index is 12.6. The second-order valence-electron chi connectivity index (χ2n) is 5.50. The summed E-state index contributed by atoms with van der Waals surface area (Å²) >= 11 is 1.64. The van der Waals surface area contributed by atoms with Crippen LogP contribution in [0.3, 0.4) is 0 Å². The Labute approximate surface area is 138 Å². The van der Waals surface area contributed by atoms with E-state index < -0.39 is 0 Å². The first-order chi connectivity index (χ1) is 11.1. The van der Waals surface area contributed by atoms with Gasteiger partial charge in [-0.3, -0.25) is 9.48 Å². The molecule has 1 unspecified atom stereocenters. The number of aromatic nitrogens is 2. The lowest BCUT2D eigenvalue weighted by Crippen LogP contribution is -2.29. The first-order valence-corrected chi connectivity index (χ1v) is 8.36. The highest BCUT2D eigenvalue weighted by Gasteiger charge is 2.21. The highest BCUT2D eigenvalue weighted by atomic mass is 32.1. The minimum Gasteiger partial charge on any atom is -0.469 e. The Bertz CT molecular complexity index is 754. The second-order valence-corrected chi connectivity index (χ2v) is 6.28. The number of hydrogen-bond donors (Lipinski definition) is 1. The van der Waals surface area contributed by atoms with Crippen LogP contribution in [0, 0.1) is 13.8 Å². The van der Waals surface area contributed by atoms with Crippen LogP contribution in [0.1, 0.15) is 39.0 Å². The predicted octanol–water partition coefficient (Wildman–Crippen LogP) is 3.25. The van der Waals surface area contributed by atoms with E-state index >= 15 is 0 Å². The predicted molar refractivity (Wildman–Crippen MR) is 89.9 cm³/mol. The third-order valence-electron chi connectivity index (χ3n) is 4.04. The summed E-state index contributed by atoms with van der Waals surface area (Å²) < 4.78 is 7.28. The van der Waals surface area contributed by atoms with E-state index in [0.717, 1.165) is 22.7 Å². The summed E-state index contributed by atoms with van der Waals surface area (Å²) in [6, 6.07) is 5.87. The van der Waals surface area contributed by atoms with Gasteiger partial charge in [0, 0.05) is 19.3 Å². The van der Waals surface area contributed by atoms with Gasteiger partial charge in [0.1, 0.15) is 5.76 Å². The molecule has 3 rings (SSSR count). The lowest BCUT2D eigenvalue weighted by molar-refractivity contribution is 0.0950. The van der Waals surface area contributed by atoms with Crippen LogP contribution in [0.5, 0.6) is 0 Å². The van der Waals surface area contributed by atoms with Gasteiger partial charge in [0.05, 0.1) is 23.4 Å². The van der Waals surface area contributed by atoms with E-state index in [1.807, 2.05) is 38.4 Å². The number of furan rings is 1. The van der Waals surface area contributed by atoms with Gasteiger partial charge >= 0.3 is 0 Å². The highest BCUT2D eigenvalue weighted by molar-refractivity contribution is 7.08. The molecule has 120 valence electrons. The maximum absolute atomic E-state index is 12.6. The summed E-state index contributed by atoms with van der Waals surface area (Å²) in [4.78, 5) is 12.6. The van der Waals surface area contributed by atoms with Gasteiger partial charge in [-0.05, 0) is 48.4 Å². The van der Waals surface area contributed by atoms with Gasteiger partial charge in [0.2, 0.25) is 0 Å². The molecule has 0 saturated carbocycles. The second kappa shape index (κ2) is 6.42. The third kappa shape index (κ3) is 3.07. The standard InChI is InChI=1S/C17H19N3O2S/c1-11-16(12(2)20(3)19-11)17(21)18-9-14(13-6-8-23-10-13)15-5-4-7-22-15/h4-8,10,14H,9H2,1-3H3,(H,18,21). The molecule has 6 heteroatoms. The maximum Gasteiger partial charge on any atom is 0.255 e. The fourth-order valence-corrected chi connectivity index (χ4v) is 3.45. The molecular formula is C17H19N3O2S. The van der Waals surface area contributed by atoms with E-state index in [4.69, 9.17) is 4.42 Å². The first kappa shape index (κ1) is 15.6. The summed E-state index contributed by atoms with van der Waals surface area (Å²) in [5.41, 5.74) is 3.40.